The number of carbonyl (C=O) groups excluding carboxylic acids is 1. The normalized spacial score (nSPS) is 13.2. The fourth-order valence-electron chi connectivity index (χ4n) is 1.41. The van der Waals surface area contributed by atoms with Crippen LogP contribution in [0.5, 0.6) is 0 Å². The monoisotopic (exact) mass is 274 g/mol. The number of aliphatic carboxylic acids is 2. The first-order chi connectivity index (χ1) is 8.60. The standard InChI is InChI=1S/C12H19NO6/c1-13(2,3)8-9(7-11(16)17)19-12(18)6-4-5-10(14)15/h4,6,9H,5,7-8H2,1-3H3,(H-,14,15,16,17)/p+1/b6-4+/t9-/m0/s1. The lowest BCUT2D eigenvalue weighted by Crippen LogP contribution is -2.43. The van der Waals surface area contributed by atoms with Gasteiger partial charge in [0, 0.05) is 6.08 Å². The number of carboxylic acid groups (broad SMARTS) is 2. The quantitative estimate of drug-likeness (QED) is 0.370. The van der Waals surface area contributed by atoms with E-state index in [0.717, 1.165) is 12.2 Å². The molecule has 7 nitrogen and oxygen atoms in total. The van der Waals surface area contributed by atoms with Crippen LogP contribution in [0.1, 0.15) is 12.8 Å². The molecule has 108 valence electrons. The second kappa shape index (κ2) is 7.52. The molecule has 2 N–H and O–H groups in total. The molecule has 0 unspecified atom stereocenters. The number of nitrogens with zero attached hydrogens (tertiary/aromatic N) is 1. The molecule has 0 saturated carbocycles. The molecule has 0 fully saturated rings. The number of hydrogen-bond acceptors (Lipinski definition) is 4. The molecule has 0 radical (unpaired) electrons. The van der Waals surface area contributed by atoms with Crippen molar-refractivity contribution in [2.45, 2.75) is 18.9 Å². The van der Waals surface area contributed by atoms with E-state index in [1.807, 2.05) is 21.1 Å². The van der Waals surface area contributed by atoms with Crippen molar-refractivity contribution in [3.63, 3.8) is 0 Å². The zero-order chi connectivity index (χ0) is 15.1. The molecule has 0 aliphatic carbocycles. The van der Waals surface area contributed by atoms with Gasteiger partial charge in [0.25, 0.3) is 0 Å². The Bertz CT molecular complexity index is 369. The van der Waals surface area contributed by atoms with Gasteiger partial charge >= 0.3 is 17.9 Å². The summed E-state index contributed by atoms with van der Waals surface area (Å²) >= 11 is 0. The van der Waals surface area contributed by atoms with E-state index in [0.29, 0.717) is 11.0 Å². The van der Waals surface area contributed by atoms with Gasteiger partial charge in [0.2, 0.25) is 0 Å². The number of likely N-dealkylation sites (N-methyl/N-ethyl adjacent to an activating group) is 1. The third kappa shape index (κ3) is 11.0. The molecule has 0 aromatic carbocycles. The summed E-state index contributed by atoms with van der Waals surface area (Å²) in [6.45, 7) is 0.352. The second-order valence-electron chi connectivity index (χ2n) is 5.13. The first-order valence-corrected chi connectivity index (χ1v) is 5.71. The van der Waals surface area contributed by atoms with Crippen molar-refractivity contribution in [1.82, 2.24) is 0 Å². The second-order valence-corrected chi connectivity index (χ2v) is 5.13. The molecule has 0 aromatic heterocycles. The number of hydrogen-bond donors (Lipinski definition) is 2. The van der Waals surface area contributed by atoms with Gasteiger partial charge in [-0.15, -0.1) is 0 Å². The van der Waals surface area contributed by atoms with Crippen LogP contribution in [0.3, 0.4) is 0 Å². The van der Waals surface area contributed by atoms with E-state index in [-0.39, 0.29) is 12.8 Å². The summed E-state index contributed by atoms with van der Waals surface area (Å²) in [5.74, 6) is -2.85. The molecule has 0 heterocycles. The van der Waals surface area contributed by atoms with E-state index >= 15 is 0 Å². The van der Waals surface area contributed by atoms with Crippen LogP contribution < -0.4 is 0 Å². The van der Waals surface area contributed by atoms with Crippen molar-refractivity contribution in [2.75, 3.05) is 27.7 Å². The maximum Gasteiger partial charge on any atom is 0.330 e. The van der Waals surface area contributed by atoms with E-state index in [1.54, 1.807) is 0 Å². The Morgan fingerprint density at radius 2 is 1.74 bits per heavy atom. The average Bonchev–Trinajstić information content (AvgIpc) is 2.12. The molecule has 0 rings (SSSR count). The Labute approximate surface area is 111 Å². The summed E-state index contributed by atoms with van der Waals surface area (Å²) < 4.78 is 5.45. The molecule has 0 aromatic rings. The van der Waals surface area contributed by atoms with Gasteiger partial charge < -0.3 is 19.4 Å². The lowest BCUT2D eigenvalue weighted by atomic mass is 10.2. The van der Waals surface area contributed by atoms with E-state index in [1.165, 1.54) is 0 Å². The highest BCUT2D eigenvalue weighted by Gasteiger charge is 2.23. The molecule has 0 aliphatic heterocycles. The Kier molecular flexibility index (Phi) is 6.78. The largest absolute Gasteiger partial charge is 0.481 e. The summed E-state index contributed by atoms with van der Waals surface area (Å²) in [6.07, 6.45) is 0.842. The molecule has 0 amide bonds. The minimum atomic E-state index is -1.06. The van der Waals surface area contributed by atoms with Crippen LogP contribution in [-0.2, 0) is 19.1 Å². The van der Waals surface area contributed by atoms with Crippen molar-refractivity contribution in [3.8, 4) is 0 Å². The number of rotatable bonds is 8. The molecular weight excluding hydrogens is 254 g/mol. The number of ether oxygens (including phenoxy) is 1. The highest BCUT2D eigenvalue weighted by atomic mass is 16.5. The van der Waals surface area contributed by atoms with Crippen LogP contribution in [-0.4, -0.2) is 66.4 Å². The summed E-state index contributed by atoms with van der Waals surface area (Å²) in [7, 11) is 5.55. The molecule has 0 bridgehead atoms. The predicted molar refractivity (Wildman–Crippen MR) is 66.4 cm³/mol. The van der Waals surface area contributed by atoms with Gasteiger partial charge in [-0.25, -0.2) is 4.79 Å². The van der Waals surface area contributed by atoms with E-state index < -0.39 is 24.0 Å². The van der Waals surface area contributed by atoms with Gasteiger partial charge in [-0.05, 0) is 0 Å². The minimum Gasteiger partial charge on any atom is -0.481 e. The van der Waals surface area contributed by atoms with Gasteiger partial charge in [0.1, 0.15) is 6.54 Å². The fourth-order valence-corrected chi connectivity index (χ4v) is 1.41. The van der Waals surface area contributed by atoms with Crippen LogP contribution in [0.25, 0.3) is 0 Å². The van der Waals surface area contributed by atoms with Crippen molar-refractivity contribution < 1.29 is 33.8 Å². The summed E-state index contributed by atoms with van der Waals surface area (Å²) in [5.41, 5.74) is 0. The Hall–Kier alpha value is -1.89. The first kappa shape index (κ1) is 17.1. The van der Waals surface area contributed by atoms with Gasteiger partial charge in [-0.1, -0.05) is 6.08 Å². The summed E-state index contributed by atoms with van der Waals surface area (Å²) in [6, 6.07) is 0. The van der Waals surface area contributed by atoms with Crippen molar-refractivity contribution in [1.29, 1.82) is 0 Å². The van der Waals surface area contributed by atoms with Crippen molar-refractivity contribution in [2.24, 2.45) is 0 Å². The maximum atomic E-state index is 11.4. The van der Waals surface area contributed by atoms with Crippen LogP contribution in [0.2, 0.25) is 0 Å². The van der Waals surface area contributed by atoms with Gasteiger partial charge in [-0.3, -0.25) is 9.59 Å². The maximum absolute atomic E-state index is 11.4. The van der Waals surface area contributed by atoms with Crippen molar-refractivity contribution in [3.05, 3.63) is 12.2 Å². The number of esters is 1. The first-order valence-electron chi connectivity index (χ1n) is 5.71. The smallest absolute Gasteiger partial charge is 0.330 e. The topological polar surface area (TPSA) is 101 Å². The molecule has 0 aliphatic rings. The zero-order valence-corrected chi connectivity index (χ0v) is 11.3. The number of carboxylic acids is 2. The van der Waals surface area contributed by atoms with Crippen molar-refractivity contribution >= 4 is 17.9 Å². The van der Waals surface area contributed by atoms with Crippen LogP contribution in [0.4, 0.5) is 0 Å². The highest BCUT2D eigenvalue weighted by Crippen LogP contribution is 2.06. The number of quaternary nitrogens is 1. The van der Waals surface area contributed by atoms with E-state index in [4.69, 9.17) is 14.9 Å². The molecule has 0 saturated heterocycles. The molecule has 0 spiro atoms. The fraction of sp³-hybridized carbons (Fsp3) is 0.583. The van der Waals surface area contributed by atoms with Gasteiger partial charge in [0.05, 0.1) is 34.0 Å². The van der Waals surface area contributed by atoms with Crippen LogP contribution >= 0.6 is 0 Å². The Balaban J connectivity index is 4.46. The zero-order valence-electron chi connectivity index (χ0n) is 11.3. The average molecular weight is 274 g/mol. The minimum absolute atomic E-state index is 0.284. The Morgan fingerprint density at radius 1 is 1.16 bits per heavy atom. The SMILES string of the molecule is C[N+](C)(C)C[C@H](CC(=O)O)OC(=O)/C=C/CC(=O)O. The van der Waals surface area contributed by atoms with E-state index in [2.05, 4.69) is 0 Å². The third-order valence-corrected chi connectivity index (χ3v) is 1.98. The molecule has 19 heavy (non-hydrogen) atoms. The lowest BCUT2D eigenvalue weighted by molar-refractivity contribution is -0.873. The highest BCUT2D eigenvalue weighted by molar-refractivity contribution is 5.83. The number of carbonyl (C=O) groups is 3. The third-order valence-electron chi connectivity index (χ3n) is 1.98. The van der Waals surface area contributed by atoms with Crippen LogP contribution in [0, 0.1) is 0 Å². The summed E-state index contributed by atoms with van der Waals surface area (Å²) in [5, 5.41) is 17.1. The lowest BCUT2D eigenvalue weighted by Gasteiger charge is -2.28. The molecule has 7 heteroatoms. The molecular formula is C12H20NO6+. The summed E-state index contributed by atoms with van der Waals surface area (Å²) in [4.78, 5) is 32.3. The van der Waals surface area contributed by atoms with Gasteiger partial charge in [0.15, 0.2) is 6.10 Å². The Morgan fingerprint density at radius 3 is 2.16 bits per heavy atom. The predicted octanol–water partition coefficient (Wildman–Crippen LogP) is 0.110. The van der Waals surface area contributed by atoms with Gasteiger partial charge in [-0.2, -0.15) is 0 Å². The van der Waals surface area contributed by atoms with E-state index in [9.17, 15) is 14.4 Å². The molecule has 1 atom stereocenters. The van der Waals surface area contributed by atoms with Crippen LogP contribution in [0.15, 0.2) is 12.2 Å².